The Morgan fingerprint density at radius 1 is 1.14 bits per heavy atom. The number of aryl methyl sites for hydroxylation is 1. The molecule has 3 rings (SSSR count). The topological polar surface area (TPSA) is 107 Å². The van der Waals surface area contributed by atoms with E-state index in [2.05, 4.69) is 5.32 Å². The average Bonchev–Trinajstić information content (AvgIpc) is 2.89. The molecule has 142 valence electrons. The third kappa shape index (κ3) is 4.47. The highest BCUT2D eigenvalue weighted by Crippen LogP contribution is 2.32. The number of nitrogens with zero attached hydrogens (tertiary/aromatic N) is 1. The van der Waals surface area contributed by atoms with E-state index in [1.807, 2.05) is 13.0 Å². The third-order valence-electron chi connectivity index (χ3n) is 3.92. The first-order valence-corrected chi connectivity index (χ1v) is 9.08. The third-order valence-corrected chi connectivity index (χ3v) is 4.83. The van der Waals surface area contributed by atoms with E-state index >= 15 is 0 Å². The van der Waals surface area contributed by atoms with Crippen molar-refractivity contribution in [3.05, 3.63) is 70.1 Å². The molecule has 2 aromatic carbocycles. The van der Waals surface area contributed by atoms with Crippen molar-refractivity contribution in [2.24, 2.45) is 0 Å². The van der Waals surface area contributed by atoms with Gasteiger partial charge in [0.25, 0.3) is 11.1 Å². The Kier molecular flexibility index (Phi) is 5.60. The van der Waals surface area contributed by atoms with Crippen molar-refractivity contribution >= 4 is 46.5 Å². The number of hydrogen-bond acceptors (Lipinski definition) is 6. The Labute approximate surface area is 165 Å². The highest BCUT2D eigenvalue weighted by atomic mass is 32.2. The van der Waals surface area contributed by atoms with Crippen LogP contribution in [0.2, 0.25) is 0 Å². The molecule has 3 amide bonds. The first kappa shape index (κ1) is 19.4. The fourth-order valence-corrected chi connectivity index (χ4v) is 3.41. The molecule has 0 aromatic heterocycles. The van der Waals surface area contributed by atoms with E-state index in [1.165, 1.54) is 30.3 Å². The lowest BCUT2D eigenvalue weighted by atomic mass is 10.1. The van der Waals surface area contributed by atoms with Crippen LogP contribution >= 0.6 is 11.8 Å². The molecule has 0 aliphatic carbocycles. The van der Waals surface area contributed by atoms with E-state index in [0.717, 1.165) is 22.2 Å². The zero-order chi connectivity index (χ0) is 20.3. The number of anilines is 1. The minimum Gasteiger partial charge on any atom is -0.545 e. The van der Waals surface area contributed by atoms with Crippen molar-refractivity contribution in [1.82, 2.24) is 4.90 Å². The van der Waals surface area contributed by atoms with Gasteiger partial charge in [-0.05, 0) is 53.6 Å². The number of carboxylic acid groups (broad SMARTS) is 1. The predicted octanol–water partition coefficient (Wildman–Crippen LogP) is 2.03. The van der Waals surface area contributed by atoms with Crippen molar-refractivity contribution in [3.8, 4) is 0 Å². The summed E-state index contributed by atoms with van der Waals surface area (Å²) in [5, 5.41) is 12.9. The number of carbonyl (C=O) groups is 4. The number of hydrogen-bond donors (Lipinski definition) is 1. The summed E-state index contributed by atoms with van der Waals surface area (Å²) in [5.41, 5.74) is 2.12. The molecule has 0 radical (unpaired) electrons. The summed E-state index contributed by atoms with van der Waals surface area (Å²) in [6.07, 6.45) is 1.47. The second-order valence-corrected chi connectivity index (χ2v) is 7.09. The van der Waals surface area contributed by atoms with Crippen LogP contribution in [0.25, 0.3) is 6.08 Å². The Hall–Kier alpha value is -3.39. The fraction of sp³-hybridized carbons (Fsp3) is 0.100. The standard InChI is InChI=1S/C20H16N2O5S/c1-12-3-2-4-15(9-12)21-17(23)11-22-18(24)16(28-20(22)27)10-13-5-7-14(8-6-13)19(25)26/h2-10H,11H2,1H3,(H,21,23)(H,25,26)/p-1/b16-10-. The van der Waals surface area contributed by atoms with Crippen LogP contribution in [0.1, 0.15) is 21.5 Å². The number of thioether (sulfide) groups is 1. The summed E-state index contributed by atoms with van der Waals surface area (Å²) in [6, 6.07) is 12.9. The van der Waals surface area contributed by atoms with Gasteiger partial charge < -0.3 is 15.2 Å². The lowest BCUT2D eigenvalue weighted by Gasteiger charge is -2.12. The number of benzene rings is 2. The van der Waals surface area contributed by atoms with Crippen molar-refractivity contribution in [3.63, 3.8) is 0 Å². The molecule has 1 heterocycles. The maximum absolute atomic E-state index is 12.5. The summed E-state index contributed by atoms with van der Waals surface area (Å²) >= 11 is 0.728. The zero-order valence-electron chi connectivity index (χ0n) is 14.8. The Balaban J connectivity index is 1.69. The molecule has 1 aliphatic rings. The lowest BCUT2D eigenvalue weighted by Crippen LogP contribution is -2.36. The van der Waals surface area contributed by atoms with Crippen molar-refractivity contribution < 1.29 is 24.3 Å². The number of amides is 3. The first-order chi connectivity index (χ1) is 13.3. The molecule has 1 aliphatic heterocycles. The lowest BCUT2D eigenvalue weighted by molar-refractivity contribution is -0.255. The molecule has 1 fully saturated rings. The summed E-state index contributed by atoms with van der Waals surface area (Å²) in [7, 11) is 0. The van der Waals surface area contributed by atoms with Gasteiger partial charge in [-0.1, -0.05) is 36.4 Å². The molecule has 28 heavy (non-hydrogen) atoms. The van der Waals surface area contributed by atoms with Crippen LogP contribution in [-0.4, -0.2) is 34.5 Å². The van der Waals surface area contributed by atoms with Crippen LogP contribution in [0.15, 0.2) is 53.4 Å². The number of carbonyl (C=O) groups excluding carboxylic acids is 4. The molecule has 1 saturated heterocycles. The van der Waals surface area contributed by atoms with Crippen LogP contribution in [0.5, 0.6) is 0 Å². The first-order valence-electron chi connectivity index (χ1n) is 8.27. The van der Waals surface area contributed by atoms with Crippen LogP contribution in [0.4, 0.5) is 10.5 Å². The van der Waals surface area contributed by atoms with Gasteiger partial charge in [0.1, 0.15) is 6.54 Å². The minimum absolute atomic E-state index is 0.0121. The average molecular weight is 395 g/mol. The number of imide groups is 1. The van der Waals surface area contributed by atoms with Gasteiger partial charge in [0.2, 0.25) is 5.91 Å². The Morgan fingerprint density at radius 3 is 2.50 bits per heavy atom. The minimum atomic E-state index is -1.30. The molecular weight excluding hydrogens is 380 g/mol. The predicted molar refractivity (Wildman–Crippen MR) is 103 cm³/mol. The maximum atomic E-state index is 12.5. The van der Waals surface area contributed by atoms with Crippen LogP contribution < -0.4 is 10.4 Å². The van der Waals surface area contributed by atoms with Crippen molar-refractivity contribution in [2.45, 2.75) is 6.92 Å². The smallest absolute Gasteiger partial charge is 0.294 e. The fourth-order valence-electron chi connectivity index (χ4n) is 2.57. The SMILES string of the molecule is Cc1cccc(NC(=O)CN2C(=O)S/C(=C\c3ccc(C(=O)[O-])cc3)C2=O)c1. The molecule has 7 nitrogen and oxygen atoms in total. The molecular formula is C20H15N2O5S-. The second-order valence-electron chi connectivity index (χ2n) is 6.09. The quantitative estimate of drug-likeness (QED) is 0.777. The highest BCUT2D eigenvalue weighted by molar-refractivity contribution is 8.18. The van der Waals surface area contributed by atoms with Gasteiger partial charge in [-0.25, -0.2) is 0 Å². The number of nitrogens with one attached hydrogen (secondary N) is 1. The zero-order valence-corrected chi connectivity index (χ0v) is 15.6. The van der Waals surface area contributed by atoms with E-state index in [-0.39, 0.29) is 17.0 Å². The molecule has 0 atom stereocenters. The Morgan fingerprint density at radius 2 is 1.86 bits per heavy atom. The van der Waals surface area contributed by atoms with Gasteiger partial charge in [-0.2, -0.15) is 0 Å². The summed E-state index contributed by atoms with van der Waals surface area (Å²) in [6.45, 7) is 1.50. The van der Waals surface area contributed by atoms with Gasteiger partial charge in [0, 0.05) is 5.69 Å². The highest BCUT2D eigenvalue weighted by Gasteiger charge is 2.36. The number of aromatic carboxylic acids is 1. The number of carboxylic acids is 1. The van der Waals surface area contributed by atoms with Crippen LogP contribution in [0.3, 0.4) is 0 Å². The Bertz CT molecular complexity index is 998. The number of rotatable bonds is 5. The molecule has 0 unspecified atom stereocenters. The van der Waals surface area contributed by atoms with E-state index in [9.17, 15) is 24.3 Å². The largest absolute Gasteiger partial charge is 0.545 e. The van der Waals surface area contributed by atoms with Crippen LogP contribution in [0, 0.1) is 6.92 Å². The summed E-state index contributed by atoms with van der Waals surface area (Å²) in [4.78, 5) is 48.6. The molecule has 1 N–H and O–H groups in total. The van der Waals surface area contributed by atoms with Gasteiger partial charge in [0.15, 0.2) is 0 Å². The van der Waals surface area contributed by atoms with Crippen LogP contribution in [-0.2, 0) is 9.59 Å². The molecule has 8 heteroatoms. The monoisotopic (exact) mass is 395 g/mol. The second kappa shape index (κ2) is 8.10. The van der Waals surface area contributed by atoms with Gasteiger partial charge >= 0.3 is 0 Å². The van der Waals surface area contributed by atoms with Crippen molar-refractivity contribution in [1.29, 1.82) is 0 Å². The van der Waals surface area contributed by atoms with E-state index in [1.54, 1.807) is 18.2 Å². The van der Waals surface area contributed by atoms with Gasteiger partial charge in [-0.3, -0.25) is 19.3 Å². The summed E-state index contributed by atoms with van der Waals surface area (Å²) < 4.78 is 0. The maximum Gasteiger partial charge on any atom is 0.294 e. The summed E-state index contributed by atoms with van der Waals surface area (Å²) in [5.74, 6) is -2.35. The van der Waals surface area contributed by atoms with Crippen molar-refractivity contribution in [2.75, 3.05) is 11.9 Å². The molecule has 0 bridgehead atoms. The van der Waals surface area contributed by atoms with E-state index < -0.39 is 23.0 Å². The van der Waals surface area contributed by atoms with E-state index in [0.29, 0.717) is 11.3 Å². The van der Waals surface area contributed by atoms with E-state index in [4.69, 9.17) is 0 Å². The molecule has 0 spiro atoms. The van der Waals surface area contributed by atoms with Gasteiger partial charge in [0.05, 0.1) is 10.9 Å². The molecule has 0 saturated carbocycles. The van der Waals surface area contributed by atoms with Gasteiger partial charge in [-0.15, -0.1) is 0 Å². The normalized spacial score (nSPS) is 15.2. The molecule has 2 aromatic rings.